The van der Waals surface area contributed by atoms with Gasteiger partial charge in [-0.2, -0.15) is 0 Å². The molecule has 0 spiro atoms. The van der Waals surface area contributed by atoms with Crippen molar-refractivity contribution < 1.29 is 5.11 Å². The van der Waals surface area contributed by atoms with Crippen LogP contribution in [-0.4, -0.2) is 17.8 Å². The van der Waals surface area contributed by atoms with E-state index in [-0.39, 0.29) is 6.10 Å². The molecule has 0 amide bonds. The molecule has 4 bridgehead atoms. The van der Waals surface area contributed by atoms with E-state index in [0.717, 1.165) is 18.8 Å². The third-order valence-electron chi connectivity index (χ3n) is 5.91. The first-order chi connectivity index (χ1) is 8.36. The Bertz CT molecular complexity index is 322. The molecule has 4 saturated carbocycles. The Balaban J connectivity index is 1.80. The molecule has 0 radical (unpaired) electrons. The van der Waals surface area contributed by atoms with Crippen LogP contribution in [0.1, 0.15) is 65.2 Å². The van der Waals surface area contributed by atoms with Crippen LogP contribution in [0.15, 0.2) is 0 Å². The Morgan fingerprint density at radius 1 is 1.11 bits per heavy atom. The maximum absolute atomic E-state index is 10.2. The molecule has 4 aliphatic carbocycles. The maximum Gasteiger partial charge on any atom is 0.0557 e. The summed E-state index contributed by atoms with van der Waals surface area (Å²) >= 11 is 0. The first-order valence-electron chi connectivity index (χ1n) is 7.74. The number of hydrogen-bond acceptors (Lipinski definition) is 2. The quantitative estimate of drug-likeness (QED) is 0.806. The number of aliphatic hydroxyl groups excluding tert-OH is 1. The van der Waals surface area contributed by atoms with Gasteiger partial charge in [0.15, 0.2) is 0 Å². The number of nitrogens with two attached hydrogens (primary N) is 1. The lowest BCUT2D eigenvalue weighted by atomic mass is 9.39. The Hall–Kier alpha value is -0.0800. The van der Waals surface area contributed by atoms with E-state index in [2.05, 4.69) is 13.8 Å². The van der Waals surface area contributed by atoms with E-state index in [9.17, 15) is 5.11 Å². The number of aliphatic hydroxyl groups is 1. The summed E-state index contributed by atoms with van der Waals surface area (Å²) in [5.74, 6) is 0.932. The second-order valence-electron chi connectivity index (χ2n) is 8.57. The van der Waals surface area contributed by atoms with Crippen molar-refractivity contribution in [3.05, 3.63) is 0 Å². The molecule has 4 fully saturated rings. The van der Waals surface area contributed by atoms with Gasteiger partial charge in [-0.1, -0.05) is 13.8 Å². The summed E-state index contributed by atoms with van der Waals surface area (Å²) in [6.45, 7) is 5.62. The fourth-order valence-corrected chi connectivity index (χ4v) is 6.71. The molecule has 0 heterocycles. The van der Waals surface area contributed by atoms with Crippen molar-refractivity contribution in [2.75, 3.05) is 6.54 Å². The van der Waals surface area contributed by atoms with E-state index in [1.807, 2.05) is 0 Å². The van der Waals surface area contributed by atoms with Gasteiger partial charge in [-0.3, -0.25) is 0 Å². The van der Waals surface area contributed by atoms with Crippen LogP contribution < -0.4 is 5.73 Å². The van der Waals surface area contributed by atoms with Crippen LogP contribution in [0, 0.1) is 22.2 Å². The minimum atomic E-state index is -0.168. The average molecular weight is 251 g/mol. The summed E-state index contributed by atoms with van der Waals surface area (Å²) in [5.41, 5.74) is 7.16. The molecule has 3 unspecified atom stereocenters. The Kier molecular flexibility index (Phi) is 2.84. The second-order valence-corrected chi connectivity index (χ2v) is 8.57. The molecule has 0 aromatic heterocycles. The third kappa shape index (κ3) is 2.12. The monoisotopic (exact) mass is 251 g/mol. The topological polar surface area (TPSA) is 46.2 Å². The van der Waals surface area contributed by atoms with Crippen molar-refractivity contribution in [3.8, 4) is 0 Å². The first kappa shape index (κ1) is 12.9. The van der Waals surface area contributed by atoms with Crippen molar-refractivity contribution in [3.63, 3.8) is 0 Å². The van der Waals surface area contributed by atoms with E-state index in [1.165, 1.54) is 38.5 Å². The average Bonchev–Trinajstić information content (AvgIpc) is 2.09. The van der Waals surface area contributed by atoms with Crippen LogP contribution in [-0.2, 0) is 0 Å². The Morgan fingerprint density at radius 2 is 1.72 bits per heavy atom. The van der Waals surface area contributed by atoms with Crippen LogP contribution in [0.3, 0.4) is 0 Å². The van der Waals surface area contributed by atoms with Gasteiger partial charge in [-0.15, -0.1) is 0 Å². The molecule has 4 aliphatic rings. The molecule has 0 aliphatic heterocycles. The van der Waals surface area contributed by atoms with Gasteiger partial charge in [0.25, 0.3) is 0 Å². The SMILES string of the molecule is CC12CC3CC(C)(C1)CC(CC(O)CCN)(C3)C2. The summed E-state index contributed by atoms with van der Waals surface area (Å²) < 4.78 is 0. The van der Waals surface area contributed by atoms with E-state index in [0.29, 0.717) is 22.8 Å². The third-order valence-corrected chi connectivity index (χ3v) is 5.91. The molecule has 0 aromatic rings. The Labute approximate surface area is 111 Å². The van der Waals surface area contributed by atoms with Crippen LogP contribution in [0.4, 0.5) is 0 Å². The van der Waals surface area contributed by atoms with Gasteiger partial charge in [0, 0.05) is 0 Å². The van der Waals surface area contributed by atoms with Crippen molar-refractivity contribution in [1.29, 1.82) is 0 Å². The number of hydrogen-bond donors (Lipinski definition) is 2. The zero-order chi connectivity index (χ0) is 13.0. The van der Waals surface area contributed by atoms with Crippen molar-refractivity contribution in [2.24, 2.45) is 27.9 Å². The first-order valence-corrected chi connectivity index (χ1v) is 7.74. The predicted molar refractivity (Wildman–Crippen MR) is 74.1 cm³/mol. The molecule has 3 N–H and O–H groups in total. The van der Waals surface area contributed by atoms with E-state index in [4.69, 9.17) is 5.73 Å². The highest BCUT2D eigenvalue weighted by Crippen LogP contribution is 2.70. The smallest absolute Gasteiger partial charge is 0.0557 e. The fraction of sp³-hybridized carbons (Fsp3) is 1.00. The molecular formula is C16H29NO. The summed E-state index contributed by atoms with van der Waals surface area (Å²) in [4.78, 5) is 0. The highest BCUT2D eigenvalue weighted by molar-refractivity contribution is 5.10. The highest BCUT2D eigenvalue weighted by Gasteiger charge is 2.59. The maximum atomic E-state index is 10.2. The molecule has 18 heavy (non-hydrogen) atoms. The zero-order valence-electron chi connectivity index (χ0n) is 12.0. The lowest BCUT2D eigenvalue weighted by molar-refractivity contribution is -0.156. The highest BCUT2D eigenvalue weighted by atomic mass is 16.3. The molecule has 3 atom stereocenters. The Morgan fingerprint density at radius 3 is 2.22 bits per heavy atom. The van der Waals surface area contributed by atoms with Gasteiger partial charge in [0.1, 0.15) is 0 Å². The second kappa shape index (κ2) is 3.96. The standard InChI is InChI=1S/C16H29NO/c1-14-5-12-6-15(2,9-14)11-16(7-12,10-14)8-13(18)3-4-17/h12-13,18H,3-11,17H2,1-2H3. The zero-order valence-corrected chi connectivity index (χ0v) is 12.0. The van der Waals surface area contributed by atoms with Crippen LogP contribution >= 0.6 is 0 Å². The predicted octanol–water partition coefficient (Wildman–Crippen LogP) is 3.08. The van der Waals surface area contributed by atoms with Gasteiger partial charge in [0.05, 0.1) is 6.10 Å². The van der Waals surface area contributed by atoms with Gasteiger partial charge >= 0.3 is 0 Å². The largest absolute Gasteiger partial charge is 0.393 e. The van der Waals surface area contributed by atoms with Crippen molar-refractivity contribution in [1.82, 2.24) is 0 Å². The van der Waals surface area contributed by atoms with E-state index in [1.54, 1.807) is 0 Å². The minimum Gasteiger partial charge on any atom is -0.393 e. The van der Waals surface area contributed by atoms with Gasteiger partial charge < -0.3 is 10.8 Å². The molecular weight excluding hydrogens is 222 g/mol. The van der Waals surface area contributed by atoms with Crippen LogP contribution in [0.5, 0.6) is 0 Å². The number of rotatable bonds is 4. The summed E-state index contributed by atoms with van der Waals surface area (Å²) in [6.07, 6.45) is 10.0. The summed E-state index contributed by atoms with van der Waals surface area (Å²) in [5, 5.41) is 10.2. The minimum absolute atomic E-state index is 0.168. The lowest BCUT2D eigenvalue weighted by Gasteiger charge is -2.66. The van der Waals surface area contributed by atoms with Gasteiger partial charge in [0.2, 0.25) is 0 Å². The van der Waals surface area contributed by atoms with Crippen LogP contribution in [0.2, 0.25) is 0 Å². The molecule has 0 saturated heterocycles. The fourth-order valence-electron chi connectivity index (χ4n) is 6.71. The van der Waals surface area contributed by atoms with Crippen LogP contribution in [0.25, 0.3) is 0 Å². The van der Waals surface area contributed by atoms with Gasteiger partial charge in [-0.05, 0) is 80.1 Å². The van der Waals surface area contributed by atoms with Gasteiger partial charge in [-0.25, -0.2) is 0 Å². The molecule has 104 valence electrons. The molecule has 4 rings (SSSR count). The van der Waals surface area contributed by atoms with E-state index < -0.39 is 0 Å². The molecule has 2 heteroatoms. The molecule has 0 aromatic carbocycles. The van der Waals surface area contributed by atoms with Crippen molar-refractivity contribution in [2.45, 2.75) is 71.3 Å². The lowest BCUT2D eigenvalue weighted by Crippen LogP contribution is -2.55. The summed E-state index contributed by atoms with van der Waals surface area (Å²) in [6, 6.07) is 0. The van der Waals surface area contributed by atoms with Crippen molar-refractivity contribution >= 4 is 0 Å². The normalized spacial score (nSPS) is 51.7. The molecule has 2 nitrogen and oxygen atoms in total. The summed E-state index contributed by atoms with van der Waals surface area (Å²) in [7, 11) is 0. The van der Waals surface area contributed by atoms with E-state index >= 15 is 0 Å².